The third kappa shape index (κ3) is 4.31. The van der Waals surface area contributed by atoms with Crippen LogP contribution in [0.15, 0.2) is 54.6 Å². The summed E-state index contributed by atoms with van der Waals surface area (Å²) in [5, 5.41) is 10.3. The maximum atomic E-state index is 10.3. The molecule has 0 aliphatic carbocycles. The summed E-state index contributed by atoms with van der Waals surface area (Å²) >= 11 is 0. The van der Waals surface area contributed by atoms with Crippen LogP contribution in [0.5, 0.6) is 5.75 Å². The Morgan fingerprint density at radius 3 is 2.14 bits per heavy atom. The van der Waals surface area contributed by atoms with Crippen LogP contribution in [-0.2, 0) is 11.3 Å². The van der Waals surface area contributed by atoms with Gasteiger partial charge in [-0.2, -0.15) is 0 Å². The monoisotopic (exact) mass is 286 g/mol. The van der Waals surface area contributed by atoms with Crippen molar-refractivity contribution in [1.82, 2.24) is 0 Å². The third-order valence-corrected chi connectivity index (χ3v) is 3.32. The van der Waals surface area contributed by atoms with E-state index in [0.717, 1.165) is 16.9 Å². The minimum atomic E-state index is -0.951. The number of methoxy groups -OCH3 is 1. The van der Waals surface area contributed by atoms with E-state index in [1.807, 2.05) is 54.6 Å². The van der Waals surface area contributed by atoms with Gasteiger partial charge in [-0.1, -0.05) is 42.5 Å². The summed E-state index contributed by atoms with van der Waals surface area (Å²) in [6.07, 6.45) is -0.374. The molecule has 0 spiro atoms. The SMILES string of the molecule is COc1ccc(CO[C@H](c2ccccc2)C(C)(C)O)cc1. The molecule has 3 heteroatoms. The molecule has 0 unspecified atom stereocenters. The molecular formula is C18H22O3. The molecule has 1 atom stereocenters. The average Bonchev–Trinajstić information content (AvgIpc) is 2.48. The molecule has 112 valence electrons. The highest BCUT2D eigenvalue weighted by Gasteiger charge is 2.29. The van der Waals surface area contributed by atoms with Gasteiger partial charge in [0, 0.05) is 0 Å². The quantitative estimate of drug-likeness (QED) is 0.879. The highest BCUT2D eigenvalue weighted by Crippen LogP contribution is 2.30. The number of benzene rings is 2. The van der Waals surface area contributed by atoms with Crippen molar-refractivity contribution in [2.75, 3.05) is 7.11 Å². The molecule has 1 N–H and O–H groups in total. The molecule has 0 amide bonds. The van der Waals surface area contributed by atoms with Gasteiger partial charge in [-0.15, -0.1) is 0 Å². The summed E-state index contributed by atoms with van der Waals surface area (Å²) in [7, 11) is 1.64. The van der Waals surface area contributed by atoms with Gasteiger partial charge in [-0.25, -0.2) is 0 Å². The summed E-state index contributed by atoms with van der Waals surface area (Å²) < 4.78 is 11.1. The van der Waals surface area contributed by atoms with Crippen LogP contribution in [0.3, 0.4) is 0 Å². The van der Waals surface area contributed by atoms with Crippen LogP contribution < -0.4 is 4.74 Å². The molecule has 0 heterocycles. The highest BCUT2D eigenvalue weighted by molar-refractivity contribution is 5.27. The first-order valence-corrected chi connectivity index (χ1v) is 7.02. The fourth-order valence-electron chi connectivity index (χ4n) is 2.24. The van der Waals surface area contributed by atoms with Crippen molar-refractivity contribution in [2.24, 2.45) is 0 Å². The van der Waals surface area contributed by atoms with Crippen LogP contribution in [0.2, 0.25) is 0 Å². The number of aliphatic hydroxyl groups is 1. The van der Waals surface area contributed by atoms with Crippen LogP contribution in [0.25, 0.3) is 0 Å². The van der Waals surface area contributed by atoms with Crippen molar-refractivity contribution in [2.45, 2.75) is 32.2 Å². The van der Waals surface area contributed by atoms with Crippen LogP contribution in [0, 0.1) is 0 Å². The van der Waals surface area contributed by atoms with Gasteiger partial charge in [-0.3, -0.25) is 0 Å². The summed E-state index contributed by atoms with van der Waals surface area (Å²) in [5.41, 5.74) is 1.06. The topological polar surface area (TPSA) is 38.7 Å². The van der Waals surface area contributed by atoms with E-state index in [4.69, 9.17) is 9.47 Å². The van der Waals surface area contributed by atoms with E-state index in [2.05, 4.69) is 0 Å². The zero-order chi connectivity index (χ0) is 15.3. The second-order valence-corrected chi connectivity index (χ2v) is 5.60. The van der Waals surface area contributed by atoms with Crippen molar-refractivity contribution < 1.29 is 14.6 Å². The van der Waals surface area contributed by atoms with E-state index in [0.29, 0.717) is 6.61 Å². The van der Waals surface area contributed by atoms with Gasteiger partial charge in [0.15, 0.2) is 0 Å². The zero-order valence-electron chi connectivity index (χ0n) is 12.7. The zero-order valence-corrected chi connectivity index (χ0v) is 12.7. The standard InChI is InChI=1S/C18H22O3/c1-18(2,19)17(15-7-5-4-6-8-15)21-13-14-9-11-16(20-3)12-10-14/h4-12,17,19H,13H2,1-3H3/t17-/m1/s1. The maximum absolute atomic E-state index is 10.3. The Balaban J connectivity index is 2.09. The Kier molecular flexibility index (Phi) is 4.99. The summed E-state index contributed by atoms with van der Waals surface area (Å²) in [6.45, 7) is 3.96. The molecule has 0 radical (unpaired) electrons. The fourth-order valence-corrected chi connectivity index (χ4v) is 2.24. The first kappa shape index (κ1) is 15.5. The largest absolute Gasteiger partial charge is 0.497 e. The van der Waals surface area contributed by atoms with E-state index in [-0.39, 0.29) is 6.10 Å². The molecule has 0 saturated heterocycles. The minimum Gasteiger partial charge on any atom is -0.497 e. The van der Waals surface area contributed by atoms with Crippen molar-refractivity contribution in [3.8, 4) is 5.75 Å². The first-order valence-electron chi connectivity index (χ1n) is 7.02. The third-order valence-electron chi connectivity index (χ3n) is 3.32. The minimum absolute atomic E-state index is 0.374. The number of ether oxygens (including phenoxy) is 2. The first-order chi connectivity index (χ1) is 10.0. The Labute approximate surface area is 126 Å². The molecule has 3 nitrogen and oxygen atoms in total. The Morgan fingerprint density at radius 2 is 1.62 bits per heavy atom. The lowest BCUT2D eigenvalue weighted by molar-refractivity contribution is -0.0977. The summed E-state index contributed by atoms with van der Waals surface area (Å²) in [4.78, 5) is 0. The lowest BCUT2D eigenvalue weighted by Crippen LogP contribution is -2.30. The maximum Gasteiger partial charge on any atom is 0.118 e. The smallest absolute Gasteiger partial charge is 0.118 e. The molecule has 0 aliphatic heterocycles. The van der Waals surface area contributed by atoms with E-state index >= 15 is 0 Å². The van der Waals surface area contributed by atoms with Crippen molar-refractivity contribution in [1.29, 1.82) is 0 Å². The number of hydrogen-bond acceptors (Lipinski definition) is 3. The van der Waals surface area contributed by atoms with Crippen molar-refractivity contribution in [3.63, 3.8) is 0 Å². The van der Waals surface area contributed by atoms with Crippen LogP contribution >= 0.6 is 0 Å². The Bertz CT molecular complexity index is 541. The molecular weight excluding hydrogens is 264 g/mol. The molecule has 21 heavy (non-hydrogen) atoms. The summed E-state index contributed by atoms with van der Waals surface area (Å²) in [6, 6.07) is 17.5. The molecule has 2 aromatic carbocycles. The number of rotatable bonds is 6. The summed E-state index contributed by atoms with van der Waals surface area (Å²) in [5.74, 6) is 0.820. The molecule has 2 rings (SSSR count). The van der Waals surface area contributed by atoms with Gasteiger partial charge in [0.25, 0.3) is 0 Å². The molecule has 0 aromatic heterocycles. The average molecular weight is 286 g/mol. The second kappa shape index (κ2) is 6.74. The second-order valence-electron chi connectivity index (χ2n) is 5.60. The van der Waals surface area contributed by atoms with Gasteiger partial charge in [0.2, 0.25) is 0 Å². The Hall–Kier alpha value is -1.84. The van der Waals surface area contributed by atoms with Crippen LogP contribution in [-0.4, -0.2) is 17.8 Å². The van der Waals surface area contributed by atoms with Crippen molar-refractivity contribution in [3.05, 3.63) is 65.7 Å². The van der Waals surface area contributed by atoms with Crippen molar-refractivity contribution >= 4 is 0 Å². The van der Waals surface area contributed by atoms with Gasteiger partial charge in [0.05, 0.1) is 19.3 Å². The van der Waals surface area contributed by atoms with E-state index in [9.17, 15) is 5.11 Å². The van der Waals surface area contributed by atoms with E-state index in [1.54, 1.807) is 21.0 Å². The Morgan fingerprint density at radius 1 is 1.00 bits per heavy atom. The molecule has 0 bridgehead atoms. The fraction of sp³-hybridized carbons (Fsp3) is 0.333. The lowest BCUT2D eigenvalue weighted by Gasteiger charge is -2.30. The molecule has 0 saturated carbocycles. The lowest BCUT2D eigenvalue weighted by atomic mass is 9.94. The molecule has 0 aliphatic rings. The normalized spacial score (nSPS) is 13.0. The van der Waals surface area contributed by atoms with E-state index < -0.39 is 5.60 Å². The molecule has 2 aromatic rings. The van der Waals surface area contributed by atoms with Gasteiger partial charge in [-0.05, 0) is 37.1 Å². The predicted octanol–water partition coefficient (Wildman–Crippen LogP) is 3.72. The highest BCUT2D eigenvalue weighted by atomic mass is 16.5. The van der Waals surface area contributed by atoms with E-state index in [1.165, 1.54) is 0 Å². The molecule has 0 fully saturated rings. The number of hydrogen-bond donors (Lipinski definition) is 1. The van der Waals surface area contributed by atoms with Gasteiger partial charge >= 0.3 is 0 Å². The van der Waals surface area contributed by atoms with Crippen LogP contribution in [0.1, 0.15) is 31.1 Å². The van der Waals surface area contributed by atoms with Crippen LogP contribution in [0.4, 0.5) is 0 Å². The predicted molar refractivity (Wildman–Crippen MR) is 83.3 cm³/mol. The van der Waals surface area contributed by atoms with Gasteiger partial charge < -0.3 is 14.6 Å². The van der Waals surface area contributed by atoms with Gasteiger partial charge in [0.1, 0.15) is 11.9 Å².